The largest absolute Gasteiger partial charge is 0.467 e. The Morgan fingerprint density at radius 1 is 0.942 bits per heavy atom. The molecule has 2 aliphatic heterocycles. The van der Waals surface area contributed by atoms with Gasteiger partial charge in [0.1, 0.15) is 47.7 Å². The molecule has 6 rings (SSSR count). The van der Waals surface area contributed by atoms with E-state index in [1.807, 2.05) is 0 Å². The summed E-state index contributed by atoms with van der Waals surface area (Å²) < 4.78 is 78.8. The minimum atomic E-state index is -1.64. The van der Waals surface area contributed by atoms with E-state index < -0.39 is 76.6 Å². The molecule has 0 spiro atoms. The molecule has 52 heavy (non-hydrogen) atoms. The lowest BCUT2D eigenvalue weighted by Crippen LogP contribution is -2.58. The van der Waals surface area contributed by atoms with Crippen molar-refractivity contribution in [2.75, 3.05) is 34.0 Å². The Hall–Kier alpha value is -4.70. The van der Waals surface area contributed by atoms with Crippen LogP contribution in [-0.2, 0) is 33.3 Å². The summed E-state index contributed by atoms with van der Waals surface area (Å²) in [5.41, 5.74) is -0.0692. The Balaban J connectivity index is 1.29. The van der Waals surface area contributed by atoms with E-state index in [1.165, 1.54) is 56.0 Å². The third-order valence-corrected chi connectivity index (χ3v) is 9.76. The fourth-order valence-electron chi connectivity index (χ4n) is 5.88. The fraction of sp³-hybridized carbons (Fsp3) is 0.484. The van der Waals surface area contributed by atoms with Gasteiger partial charge in [-0.25, -0.2) is 32.5 Å². The van der Waals surface area contributed by atoms with Gasteiger partial charge in [-0.05, 0) is 12.1 Å². The number of aliphatic hydroxyl groups is 1. The first-order valence-electron chi connectivity index (χ1n) is 15.7. The Labute approximate surface area is 297 Å². The van der Waals surface area contributed by atoms with Crippen LogP contribution < -0.4 is 4.74 Å². The minimum Gasteiger partial charge on any atom is -0.467 e. The van der Waals surface area contributed by atoms with E-state index in [1.54, 1.807) is 6.20 Å². The number of halogens is 3. The van der Waals surface area contributed by atoms with Gasteiger partial charge >= 0.3 is 17.9 Å². The van der Waals surface area contributed by atoms with Crippen molar-refractivity contribution in [3.63, 3.8) is 0 Å². The van der Waals surface area contributed by atoms with Crippen LogP contribution in [0.25, 0.3) is 22.5 Å². The molecule has 21 heteroatoms. The molecular formula is C31H33F3N8O9S. The molecule has 0 radical (unpaired) electrons. The summed E-state index contributed by atoms with van der Waals surface area (Å²) in [6, 6.07) is 0.0112. The van der Waals surface area contributed by atoms with Crippen LogP contribution in [0.15, 0.2) is 36.9 Å². The Morgan fingerprint density at radius 3 is 2.23 bits per heavy atom. The monoisotopic (exact) mass is 750 g/mol. The second kappa shape index (κ2) is 15.9. The number of thioether (sulfide) groups is 1. The topological polar surface area (TPSA) is 197 Å². The molecule has 4 aromatic rings. The molecule has 0 saturated carbocycles. The highest BCUT2D eigenvalue weighted by atomic mass is 32.2. The highest BCUT2D eigenvalue weighted by Gasteiger charge is 2.52. The number of benzene rings is 1. The highest BCUT2D eigenvalue weighted by Crippen LogP contribution is 2.42. The number of methoxy groups -OCH3 is 2. The van der Waals surface area contributed by atoms with E-state index in [4.69, 9.17) is 28.4 Å². The van der Waals surface area contributed by atoms with Crippen molar-refractivity contribution in [2.45, 2.75) is 61.0 Å². The number of hydrogen-bond donors (Lipinski definition) is 1. The van der Waals surface area contributed by atoms with Gasteiger partial charge in [0, 0.05) is 44.5 Å². The molecule has 0 unspecified atom stereocenters. The molecule has 278 valence electrons. The SMILES string of the molecule is COc1ncc(-c2cn([C@H]3COC[C@@H](S[C@@H]4O[C@H](COC(C)=O)[C@H](OC(C)=O)[C@H](n5cc(-c6cc(F)c(F)c(F)c6)nn5)[C@H]4OC)[C@@H]3O)nn2)cn1. The zero-order valence-electron chi connectivity index (χ0n) is 28.0. The Bertz CT molecular complexity index is 1860. The number of carbonyl (C=O) groups is 2. The summed E-state index contributed by atoms with van der Waals surface area (Å²) in [6.45, 7) is 2.22. The van der Waals surface area contributed by atoms with Crippen molar-refractivity contribution in [1.29, 1.82) is 0 Å². The number of rotatable bonds is 11. The Kier molecular flexibility index (Phi) is 11.3. The van der Waals surface area contributed by atoms with Crippen LogP contribution in [0, 0.1) is 17.5 Å². The summed E-state index contributed by atoms with van der Waals surface area (Å²) in [5.74, 6) is -5.83. The van der Waals surface area contributed by atoms with Gasteiger partial charge in [-0.15, -0.1) is 22.0 Å². The van der Waals surface area contributed by atoms with Crippen molar-refractivity contribution in [2.24, 2.45) is 0 Å². The second-order valence-corrected chi connectivity index (χ2v) is 13.1. The molecule has 1 aromatic carbocycles. The second-order valence-electron chi connectivity index (χ2n) is 11.8. The van der Waals surface area contributed by atoms with E-state index >= 15 is 0 Å². The van der Waals surface area contributed by atoms with Crippen LogP contribution in [0.1, 0.15) is 25.9 Å². The summed E-state index contributed by atoms with van der Waals surface area (Å²) in [4.78, 5) is 32.4. The van der Waals surface area contributed by atoms with Gasteiger partial charge < -0.3 is 33.5 Å². The average molecular weight is 751 g/mol. The number of hydrogen-bond acceptors (Lipinski definition) is 16. The molecule has 5 heterocycles. The normalized spacial score (nSPS) is 26.2. The van der Waals surface area contributed by atoms with Crippen molar-refractivity contribution in [3.05, 3.63) is 54.4 Å². The van der Waals surface area contributed by atoms with E-state index in [2.05, 4.69) is 30.6 Å². The molecule has 2 saturated heterocycles. The zero-order chi connectivity index (χ0) is 37.1. The highest BCUT2D eigenvalue weighted by molar-refractivity contribution is 8.00. The number of esters is 2. The third kappa shape index (κ3) is 7.87. The number of carbonyl (C=O) groups excluding carboxylic acids is 2. The van der Waals surface area contributed by atoms with Gasteiger partial charge in [-0.3, -0.25) is 9.59 Å². The van der Waals surface area contributed by atoms with Gasteiger partial charge in [0.25, 0.3) is 0 Å². The molecule has 8 atom stereocenters. The summed E-state index contributed by atoms with van der Waals surface area (Å²) >= 11 is 1.15. The van der Waals surface area contributed by atoms with Crippen LogP contribution in [0.3, 0.4) is 0 Å². The quantitative estimate of drug-likeness (QED) is 0.172. The van der Waals surface area contributed by atoms with Gasteiger partial charge in [-0.1, -0.05) is 10.4 Å². The third-order valence-electron chi connectivity index (χ3n) is 8.35. The summed E-state index contributed by atoms with van der Waals surface area (Å²) in [6.07, 6.45) is 1.68. The summed E-state index contributed by atoms with van der Waals surface area (Å²) in [7, 11) is 2.83. The number of ether oxygens (including phenoxy) is 6. The summed E-state index contributed by atoms with van der Waals surface area (Å²) in [5, 5.41) is 27.5. The zero-order valence-corrected chi connectivity index (χ0v) is 28.9. The molecule has 0 aliphatic carbocycles. The molecule has 2 fully saturated rings. The lowest BCUT2D eigenvalue weighted by molar-refractivity contribution is -0.208. The van der Waals surface area contributed by atoms with Crippen molar-refractivity contribution in [3.8, 4) is 28.5 Å². The number of aliphatic hydroxyl groups excluding tert-OH is 1. The van der Waals surface area contributed by atoms with Gasteiger partial charge in [-0.2, -0.15) is 0 Å². The van der Waals surface area contributed by atoms with Gasteiger partial charge in [0.15, 0.2) is 23.6 Å². The standard InChI is InChI=1S/C31H33F3N8O9S/c1-14(43)49-12-23-28(50-15(2)44)26(42-10-20(37-40-42)16-5-18(32)25(34)19(33)6-16)29(46-3)30(51-23)52-24-13-48-11-22(27(24)45)41-9-21(38-39-41)17-7-35-31(47-4)36-8-17/h5-10,22-24,26-30,45H,11-13H2,1-4H3/t22-,23+,24+,26-,27+,28-,29+,30-/m0/s1. The van der Waals surface area contributed by atoms with Gasteiger partial charge in [0.05, 0.1) is 44.1 Å². The van der Waals surface area contributed by atoms with Crippen LogP contribution in [0.4, 0.5) is 13.2 Å². The van der Waals surface area contributed by atoms with E-state index in [9.17, 15) is 27.9 Å². The predicted molar refractivity (Wildman–Crippen MR) is 171 cm³/mol. The molecule has 2 aliphatic rings. The van der Waals surface area contributed by atoms with E-state index in [0.717, 1.165) is 23.9 Å². The first-order chi connectivity index (χ1) is 25.0. The van der Waals surface area contributed by atoms with Crippen LogP contribution in [0.5, 0.6) is 6.01 Å². The van der Waals surface area contributed by atoms with Crippen LogP contribution >= 0.6 is 11.8 Å². The van der Waals surface area contributed by atoms with Crippen LogP contribution in [0.2, 0.25) is 0 Å². The maximum Gasteiger partial charge on any atom is 0.316 e. The number of nitrogens with zero attached hydrogens (tertiary/aromatic N) is 8. The molecule has 0 bridgehead atoms. The van der Waals surface area contributed by atoms with E-state index in [-0.39, 0.29) is 37.1 Å². The smallest absolute Gasteiger partial charge is 0.316 e. The Morgan fingerprint density at radius 2 is 1.60 bits per heavy atom. The average Bonchev–Trinajstić information content (AvgIpc) is 3.82. The van der Waals surface area contributed by atoms with Crippen molar-refractivity contribution in [1.82, 2.24) is 40.0 Å². The number of aromatic nitrogens is 8. The lowest BCUT2D eigenvalue weighted by Gasteiger charge is -2.46. The molecule has 0 amide bonds. The first kappa shape index (κ1) is 37.1. The maximum atomic E-state index is 14.1. The molecule has 17 nitrogen and oxygen atoms in total. The fourth-order valence-corrected chi connectivity index (χ4v) is 7.38. The first-order valence-corrected chi connectivity index (χ1v) is 16.7. The van der Waals surface area contributed by atoms with Crippen LogP contribution in [-0.4, -0.2) is 126 Å². The van der Waals surface area contributed by atoms with Crippen molar-refractivity contribution < 1.29 is 56.3 Å². The molecular weight excluding hydrogens is 717 g/mol. The molecule has 3 aromatic heterocycles. The maximum absolute atomic E-state index is 14.1. The lowest BCUT2D eigenvalue weighted by atomic mass is 9.96. The predicted octanol–water partition coefficient (Wildman–Crippen LogP) is 1.93. The minimum absolute atomic E-state index is 0.0335. The molecule has 1 N–H and O–H groups in total. The van der Waals surface area contributed by atoms with Crippen molar-refractivity contribution >= 4 is 23.7 Å². The van der Waals surface area contributed by atoms with E-state index in [0.29, 0.717) is 11.3 Å². The van der Waals surface area contributed by atoms with Gasteiger partial charge in [0.2, 0.25) is 0 Å².